The maximum absolute atomic E-state index is 11.2. The van der Waals surface area contributed by atoms with E-state index in [4.69, 9.17) is 0 Å². The fraction of sp³-hybridized carbons (Fsp3) is 0.500. The Morgan fingerprint density at radius 2 is 2.15 bits per heavy atom. The average Bonchev–Trinajstić information content (AvgIpc) is 1.98. The van der Waals surface area contributed by atoms with Gasteiger partial charge in [0, 0.05) is 0 Å². The summed E-state index contributed by atoms with van der Waals surface area (Å²) in [5.74, 6) is 0.277. The van der Waals surface area contributed by atoms with Gasteiger partial charge in [-0.2, -0.15) is 4.98 Å². The third kappa shape index (κ3) is 2.29. The number of aromatic nitrogens is 2. The van der Waals surface area contributed by atoms with Crippen molar-refractivity contribution in [2.75, 3.05) is 14.1 Å². The van der Waals surface area contributed by atoms with Crippen LogP contribution in [-0.4, -0.2) is 34.1 Å². The first-order chi connectivity index (χ1) is 6.00. The Bertz CT molecular complexity index is 357. The summed E-state index contributed by atoms with van der Waals surface area (Å²) in [7, 11) is 3.72. The first-order valence-electron chi connectivity index (χ1n) is 3.94. The number of rotatable bonds is 2. The quantitative estimate of drug-likeness (QED) is 0.668. The molecule has 0 aliphatic heterocycles. The Balaban J connectivity index is 3.06. The van der Waals surface area contributed by atoms with Crippen LogP contribution in [0.3, 0.4) is 0 Å². The molecule has 5 heteroatoms. The minimum atomic E-state index is -0.288. The Morgan fingerprint density at radius 1 is 1.54 bits per heavy atom. The van der Waals surface area contributed by atoms with Crippen molar-refractivity contribution in [3.63, 3.8) is 0 Å². The minimum absolute atomic E-state index is 0.194. The highest BCUT2D eigenvalue weighted by Gasteiger charge is 2.05. The Morgan fingerprint density at radius 3 is 2.62 bits per heavy atom. The highest BCUT2D eigenvalue weighted by molar-refractivity contribution is 5.20. The monoisotopic (exact) mass is 183 g/mol. The molecule has 1 heterocycles. The normalized spacial score (nSPS) is 10.8. The molecule has 1 rings (SSSR count). The van der Waals surface area contributed by atoms with Crippen LogP contribution in [-0.2, 0) is 6.54 Å². The van der Waals surface area contributed by atoms with Gasteiger partial charge in [0.2, 0.25) is 5.88 Å². The van der Waals surface area contributed by atoms with E-state index in [-0.39, 0.29) is 17.0 Å². The second-order valence-electron chi connectivity index (χ2n) is 3.20. The second kappa shape index (κ2) is 3.57. The van der Waals surface area contributed by atoms with Gasteiger partial charge in [0.1, 0.15) is 5.82 Å². The van der Waals surface area contributed by atoms with E-state index in [1.165, 1.54) is 6.92 Å². The molecule has 13 heavy (non-hydrogen) atoms. The summed E-state index contributed by atoms with van der Waals surface area (Å²) in [6.07, 6.45) is 0. The van der Waals surface area contributed by atoms with Gasteiger partial charge in [-0.1, -0.05) is 0 Å². The number of aromatic hydroxyl groups is 1. The standard InChI is InChI=1S/C8H13N3O2/c1-5-7(12)9-6(4-11(2)3)10-8(5)13/h4H2,1-3H3,(H2,9,10,12,13). The van der Waals surface area contributed by atoms with E-state index in [1.807, 2.05) is 19.0 Å². The molecule has 0 saturated carbocycles. The van der Waals surface area contributed by atoms with E-state index >= 15 is 0 Å². The SMILES string of the molecule is Cc1c(O)nc(CN(C)C)[nH]c1=O. The first kappa shape index (κ1) is 9.73. The van der Waals surface area contributed by atoms with Gasteiger partial charge < -0.3 is 15.0 Å². The molecule has 0 amide bonds. The zero-order valence-electron chi connectivity index (χ0n) is 7.96. The molecule has 1 aromatic rings. The van der Waals surface area contributed by atoms with Gasteiger partial charge in [-0.05, 0) is 21.0 Å². The summed E-state index contributed by atoms with van der Waals surface area (Å²) in [6, 6.07) is 0. The molecule has 0 radical (unpaired) electrons. The van der Waals surface area contributed by atoms with E-state index in [2.05, 4.69) is 9.97 Å². The lowest BCUT2D eigenvalue weighted by Crippen LogP contribution is -2.19. The average molecular weight is 183 g/mol. The van der Waals surface area contributed by atoms with Crippen LogP contribution in [0, 0.1) is 6.92 Å². The molecule has 0 saturated heterocycles. The van der Waals surface area contributed by atoms with Crippen molar-refractivity contribution in [1.29, 1.82) is 0 Å². The fourth-order valence-electron chi connectivity index (χ4n) is 0.940. The largest absolute Gasteiger partial charge is 0.493 e. The molecule has 5 nitrogen and oxygen atoms in total. The number of aromatic amines is 1. The van der Waals surface area contributed by atoms with Gasteiger partial charge in [-0.15, -0.1) is 0 Å². The van der Waals surface area contributed by atoms with E-state index in [0.29, 0.717) is 12.4 Å². The lowest BCUT2D eigenvalue weighted by atomic mass is 10.3. The van der Waals surface area contributed by atoms with Gasteiger partial charge in [0.15, 0.2) is 0 Å². The Kier molecular flexibility index (Phi) is 2.67. The van der Waals surface area contributed by atoms with Crippen molar-refractivity contribution in [3.8, 4) is 5.88 Å². The third-order valence-corrected chi connectivity index (χ3v) is 1.64. The highest BCUT2D eigenvalue weighted by atomic mass is 16.3. The summed E-state index contributed by atoms with van der Waals surface area (Å²) in [5, 5.41) is 9.24. The highest BCUT2D eigenvalue weighted by Crippen LogP contribution is 2.06. The number of hydrogen-bond donors (Lipinski definition) is 2. The predicted octanol–water partition coefficient (Wildman–Crippen LogP) is -0.154. The van der Waals surface area contributed by atoms with Crippen molar-refractivity contribution >= 4 is 0 Å². The molecule has 0 bridgehead atoms. The Hall–Kier alpha value is -1.36. The lowest BCUT2D eigenvalue weighted by Gasteiger charge is -2.08. The molecule has 0 fully saturated rings. The molecule has 0 unspecified atom stereocenters. The molecule has 0 aliphatic rings. The maximum Gasteiger partial charge on any atom is 0.257 e. The summed E-state index contributed by atoms with van der Waals surface area (Å²) in [6.45, 7) is 2.03. The van der Waals surface area contributed by atoms with Crippen LogP contribution in [0.1, 0.15) is 11.4 Å². The molecule has 0 aliphatic carbocycles. The van der Waals surface area contributed by atoms with Crippen LogP contribution < -0.4 is 5.56 Å². The smallest absolute Gasteiger partial charge is 0.257 e. The summed E-state index contributed by atoms with van der Waals surface area (Å²) < 4.78 is 0. The number of nitrogens with zero attached hydrogens (tertiary/aromatic N) is 2. The Labute approximate surface area is 76.0 Å². The predicted molar refractivity (Wildman–Crippen MR) is 48.7 cm³/mol. The zero-order valence-corrected chi connectivity index (χ0v) is 7.96. The zero-order chi connectivity index (χ0) is 10.0. The maximum atomic E-state index is 11.2. The van der Waals surface area contributed by atoms with Crippen LogP contribution >= 0.6 is 0 Å². The summed E-state index contributed by atoms with van der Waals surface area (Å²) in [5.41, 5.74) is -0.0353. The third-order valence-electron chi connectivity index (χ3n) is 1.64. The van der Waals surface area contributed by atoms with Gasteiger partial charge in [-0.3, -0.25) is 4.79 Å². The van der Waals surface area contributed by atoms with E-state index in [1.54, 1.807) is 0 Å². The van der Waals surface area contributed by atoms with Crippen LogP contribution in [0.25, 0.3) is 0 Å². The van der Waals surface area contributed by atoms with Crippen LogP contribution in [0.4, 0.5) is 0 Å². The molecule has 0 spiro atoms. The van der Waals surface area contributed by atoms with Crippen molar-refractivity contribution in [2.24, 2.45) is 0 Å². The van der Waals surface area contributed by atoms with E-state index in [9.17, 15) is 9.90 Å². The van der Waals surface area contributed by atoms with Gasteiger partial charge in [-0.25, -0.2) is 0 Å². The molecule has 1 aromatic heterocycles. The lowest BCUT2D eigenvalue weighted by molar-refractivity contribution is 0.380. The van der Waals surface area contributed by atoms with Crippen LogP contribution in [0.2, 0.25) is 0 Å². The molecule has 0 aromatic carbocycles. The summed E-state index contributed by atoms with van der Waals surface area (Å²) in [4.78, 5) is 19.4. The molecule has 0 atom stereocenters. The van der Waals surface area contributed by atoms with Crippen LogP contribution in [0.5, 0.6) is 5.88 Å². The van der Waals surface area contributed by atoms with Crippen molar-refractivity contribution in [2.45, 2.75) is 13.5 Å². The topological polar surface area (TPSA) is 69.2 Å². The van der Waals surface area contributed by atoms with Gasteiger partial charge >= 0.3 is 0 Å². The number of nitrogens with one attached hydrogen (secondary N) is 1. The van der Waals surface area contributed by atoms with E-state index < -0.39 is 0 Å². The van der Waals surface area contributed by atoms with Crippen molar-refractivity contribution < 1.29 is 5.11 Å². The molecular formula is C8H13N3O2. The molecule has 72 valence electrons. The van der Waals surface area contributed by atoms with Gasteiger partial charge in [0.05, 0.1) is 12.1 Å². The minimum Gasteiger partial charge on any atom is -0.493 e. The second-order valence-corrected chi connectivity index (χ2v) is 3.20. The van der Waals surface area contributed by atoms with Crippen molar-refractivity contribution in [3.05, 3.63) is 21.7 Å². The van der Waals surface area contributed by atoms with Crippen LogP contribution in [0.15, 0.2) is 4.79 Å². The number of H-pyrrole nitrogens is 1. The summed E-state index contributed by atoms with van der Waals surface area (Å²) >= 11 is 0. The first-order valence-corrected chi connectivity index (χ1v) is 3.94. The van der Waals surface area contributed by atoms with E-state index in [0.717, 1.165) is 0 Å². The number of hydrogen-bond acceptors (Lipinski definition) is 4. The fourth-order valence-corrected chi connectivity index (χ4v) is 0.940. The van der Waals surface area contributed by atoms with Crippen molar-refractivity contribution in [1.82, 2.24) is 14.9 Å². The molecule has 2 N–H and O–H groups in total. The molecular weight excluding hydrogens is 170 g/mol. The van der Waals surface area contributed by atoms with Gasteiger partial charge in [0.25, 0.3) is 5.56 Å².